The molecule has 0 aromatic carbocycles. The summed E-state index contributed by atoms with van der Waals surface area (Å²) < 4.78 is 19.2. The van der Waals surface area contributed by atoms with E-state index < -0.39 is 0 Å². The predicted octanol–water partition coefficient (Wildman–Crippen LogP) is 2.34. The van der Waals surface area contributed by atoms with Crippen molar-refractivity contribution in [2.75, 3.05) is 33.4 Å². The van der Waals surface area contributed by atoms with Crippen molar-refractivity contribution in [2.45, 2.75) is 70.3 Å². The molecule has 3 aliphatic rings. The molecule has 27 heavy (non-hydrogen) atoms. The Morgan fingerprint density at radius 3 is 2.81 bits per heavy atom. The SMILES string of the molecule is COCCn1nc(C(=O)N2CCOC3(CCC3)CC2)c2c1[C@H](C)O[C@H](C)C2. The molecule has 2 aliphatic heterocycles. The molecular formula is C20H31N3O4. The molecular weight excluding hydrogens is 346 g/mol. The molecule has 3 heterocycles. The second-order valence-corrected chi connectivity index (χ2v) is 8.15. The van der Waals surface area contributed by atoms with Crippen molar-refractivity contribution in [3.05, 3.63) is 17.0 Å². The quantitative estimate of drug-likeness (QED) is 0.806. The van der Waals surface area contributed by atoms with E-state index in [9.17, 15) is 4.79 Å². The Bertz CT molecular complexity index is 698. The largest absolute Gasteiger partial charge is 0.383 e. The summed E-state index contributed by atoms with van der Waals surface area (Å²) in [5.74, 6) is 0.0312. The third kappa shape index (κ3) is 3.52. The fourth-order valence-electron chi connectivity index (χ4n) is 4.65. The molecule has 0 unspecified atom stereocenters. The lowest BCUT2D eigenvalue weighted by molar-refractivity contribution is -0.0929. The molecule has 1 spiro atoms. The first-order valence-electron chi connectivity index (χ1n) is 10.2. The molecule has 4 rings (SSSR count). The molecule has 1 saturated carbocycles. The molecule has 0 bridgehead atoms. The molecule has 1 aliphatic carbocycles. The van der Waals surface area contributed by atoms with Crippen molar-refractivity contribution < 1.29 is 19.0 Å². The monoisotopic (exact) mass is 377 g/mol. The molecule has 1 aromatic rings. The Balaban J connectivity index is 1.59. The topological polar surface area (TPSA) is 65.8 Å². The van der Waals surface area contributed by atoms with Crippen LogP contribution in [0.1, 0.15) is 67.4 Å². The summed E-state index contributed by atoms with van der Waals surface area (Å²) in [4.78, 5) is 15.3. The van der Waals surface area contributed by atoms with Crippen LogP contribution in [0, 0.1) is 0 Å². The number of hydrogen-bond acceptors (Lipinski definition) is 5. The summed E-state index contributed by atoms with van der Waals surface area (Å²) in [6.07, 6.45) is 5.17. The van der Waals surface area contributed by atoms with Crippen molar-refractivity contribution in [1.82, 2.24) is 14.7 Å². The average molecular weight is 377 g/mol. The number of carbonyl (C=O) groups excluding carboxylic acids is 1. The highest BCUT2D eigenvalue weighted by Gasteiger charge is 2.41. The standard InChI is InChI=1S/C20H31N3O4/c1-14-13-16-17(21-23(10-11-25-3)18(16)15(2)27-14)19(24)22-8-7-20(5-4-6-20)26-12-9-22/h14-15H,4-13H2,1-3H3/t14-,15+/m1/s1. The van der Waals surface area contributed by atoms with E-state index in [1.54, 1.807) is 7.11 Å². The molecule has 7 heteroatoms. The second kappa shape index (κ2) is 7.53. The number of carbonyl (C=O) groups is 1. The minimum atomic E-state index is -0.0691. The first kappa shape index (κ1) is 18.9. The minimum absolute atomic E-state index is 0.0309. The van der Waals surface area contributed by atoms with Gasteiger partial charge in [-0.2, -0.15) is 5.10 Å². The van der Waals surface area contributed by atoms with Crippen molar-refractivity contribution in [3.8, 4) is 0 Å². The van der Waals surface area contributed by atoms with Gasteiger partial charge in [-0.1, -0.05) is 0 Å². The lowest BCUT2D eigenvalue weighted by atomic mass is 9.77. The van der Waals surface area contributed by atoms with Gasteiger partial charge in [-0.3, -0.25) is 9.48 Å². The molecule has 150 valence electrons. The number of aromatic nitrogens is 2. The van der Waals surface area contributed by atoms with Gasteiger partial charge >= 0.3 is 0 Å². The Hall–Kier alpha value is -1.44. The summed E-state index contributed by atoms with van der Waals surface area (Å²) in [7, 11) is 1.68. The van der Waals surface area contributed by atoms with Gasteiger partial charge in [0.1, 0.15) is 0 Å². The number of amides is 1. The van der Waals surface area contributed by atoms with Gasteiger partial charge in [-0.25, -0.2) is 0 Å². The van der Waals surface area contributed by atoms with E-state index >= 15 is 0 Å². The summed E-state index contributed by atoms with van der Waals surface area (Å²) in [5, 5.41) is 4.72. The van der Waals surface area contributed by atoms with E-state index in [0.29, 0.717) is 32.0 Å². The molecule has 1 aromatic heterocycles. The first-order chi connectivity index (χ1) is 13.0. The van der Waals surface area contributed by atoms with E-state index in [4.69, 9.17) is 19.3 Å². The average Bonchev–Trinajstić information content (AvgIpc) is 2.82. The van der Waals surface area contributed by atoms with Crippen molar-refractivity contribution >= 4 is 5.91 Å². The van der Waals surface area contributed by atoms with Crippen LogP contribution < -0.4 is 0 Å². The summed E-state index contributed by atoms with van der Waals surface area (Å²) in [6, 6.07) is 0. The van der Waals surface area contributed by atoms with Gasteiger partial charge in [0.05, 0.1) is 43.3 Å². The van der Waals surface area contributed by atoms with Crippen LogP contribution in [0.15, 0.2) is 0 Å². The highest BCUT2D eigenvalue weighted by molar-refractivity contribution is 5.94. The molecule has 7 nitrogen and oxygen atoms in total. The third-order valence-electron chi connectivity index (χ3n) is 6.28. The van der Waals surface area contributed by atoms with Gasteiger partial charge in [-0.05, 0) is 39.5 Å². The van der Waals surface area contributed by atoms with Gasteiger partial charge < -0.3 is 19.1 Å². The van der Waals surface area contributed by atoms with Gasteiger partial charge in [0.15, 0.2) is 5.69 Å². The number of fused-ring (bicyclic) bond motifs is 1. The van der Waals surface area contributed by atoms with E-state index in [0.717, 1.165) is 43.5 Å². The van der Waals surface area contributed by atoms with E-state index in [-0.39, 0.29) is 23.7 Å². The maximum Gasteiger partial charge on any atom is 0.274 e. The van der Waals surface area contributed by atoms with Crippen molar-refractivity contribution in [3.63, 3.8) is 0 Å². The van der Waals surface area contributed by atoms with Gasteiger partial charge in [0.2, 0.25) is 0 Å². The maximum absolute atomic E-state index is 13.4. The van der Waals surface area contributed by atoms with E-state index in [1.807, 2.05) is 16.5 Å². The minimum Gasteiger partial charge on any atom is -0.383 e. The van der Waals surface area contributed by atoms with Crippen LogP contribution in [-0.4, -0.2) is 65.7 Å². The third-order valence-corrected chi connectivity index (χ3v) is 6.28. The van der Waals surface area contributed by atoms with Gasteiger partial charge in [-0.15, -0.1) is 0 Å². The molecule has 1 saturated heterocycles. The summed E-state index contributed by atoms with van der Waals surface area (Å²) in [5.41, 5.74) is 2.69. The summed E-state index contributed by atoms with van der Waals surface area (Å²) >= 11 is 0. The van der Waals surface area contributed by atoms with Crippen LogP contribution in [0.2, 0.25) is 0 Å². The van der Waals surface area contributed by atoms with Gasteiger partial charge in [0.25, 0.3) is 5.91 Å². The molecule has 2 atom stereocenters. The fourth-order valence-corrected chi connectivity index (χ4v) is 4.65. The fraction of sp³-hybridized carbons (Fsp3) is 0.800. The molecule has 1 amide bonds. The Morgan fingerprint density at radius 2 is 2.11 bits per heavy atom. The predicted molar refractivity (Wildman–Crippen MR) is 99.8 cm³/mol. The van der Waals surface area contributed by atoms with Crippen molar-refractivity contribution in [2.24, 2.45) is 0 Å². The maximum atomic E-state index is 13.4. The Morgan fingerprint density at radius 1 is 1.30 bits per heavy atom. The Kier molecular flexibility index (Phi) is 5.27. The highest BCUT2D eigenvalue weighted by Crippen LogP contribution is 2.40. The van der Waals surface area contributed by atoms with Crippen LogP contribution >= 0.6 is 0 Å². The number of hydrogen-bond donors (Lipinski definition) is 0. The van der Waals surface area contributed by atoms with Crippen molar-refractivity contribution in [1.29, 1.82) is 0 Å². The first-order valence-corrected chi connectivity index (χ1v) is 10.2. The zero-order valence-electron chi connectivity index (χ0n) is 16.7. The second-order valence-electron chi connectivity index (χ2n) is 8.15. The van der Waals surface area contributed by atoms with E-state index in [1.165, 1.54) is 6.42 Å². The van der Waals surface area contributed by atoms with Crippen LogP contribution in [-0.2, 0) is 27.2 Å². The lowest BCUT2D eigenvalue weighted by Crippen LogP contribution is -2.40. The lowest BCUT2D eigenvalue weighted by Gasteiger charge is -2.40. The van der Waals surface area contributed by atoms with Gasteiger partial charge in [0, 0.05) is 32.2 Å². The number of ether oxygens (including phenoxy) is 3. The highest BCUT2D eigenvalue weighted by atomic mass is 16.5. The van der Waals surface area contributed by atoms with E-state index in [2.05, 4.69) is 6.92 Å². The summed E-state index contributed by atoms with van der Waals surface area (Å²) in [6.45, 7) is 7.29. The number of methoxy groups -OCH3 is 1. The number of rotatable bonds is 4. The molecule has 0 radical (unpaired) electrons. The number of nitrogens with zero attached hydrogens (tertiary/aromatic N) is 3. The van der Waals surface area contributed by atoms with Crippen LogP contribution in [0.5, 0.6) is 0 Å². The van der Waals surface area contributed by atoms with Crippen LogP contribution in [0.3, 0.4) is 0 Å². The van der Waals surface area contributed by atoms with Crippen LogP contribution in [0.4, 0.5) is 0 Å². The normalized spacial score (nSPS) is 27.1. The zero-order chi connectivity index (χ0) is 19.0. The smallest absolute Gasteiger partial charge is 0.274 e. The molecule has 2 fully saturated rings. The zero-order valence-corrected chi connectivity index (χ0v) is 16.7. The Labute approximate surface area is 160 Å². The molecule has 0 N–H and O–H groups in total. The van der Waals surface area contributed by atoms with Crippen LogP contribution in [0.25, 0.3) is 0 Å².